The van der Waals surface area contributed by atoms with E-state index in [9.17, 15) is 22.8 Å². The van der Waals surface area contributed by atoms with Crippen LogP contribution in [0.2, 0.25) is 0 Å². The van der Waals surface area contributed by atoms with Gasteiger partial charge < -0.3 is 15.2 Å². The molecule has 140 valence electrons. The Balaban J connectivity index is 1.70. The standard InChI is InChI=1S/C16H15F3N2O4S/c17-16(18,19)25-11-4-1-10(2-5-11)3-6-13(22)20-8-7-14-21-12(9-26-14)15(23)24/h1-2,4-5,9H,3,6-8H2,(H,20,22)(H,23,24). The van der Waals surface area contributed by atoms with Crippen LogP contribution in [0.4, 0.5) is 13.2 Å². The molecule has 26 heavy (non-hydrogen) atoms. The van der Waals surface area contributed by atoms with E-state index in [2.05, 4.69) is 15.0 Å². The lowest BCUT2D eigenvalue weighted by Crippen LogP contribution is -2.25. The summed E-state index contributed by atoms with van der Waals surface area (Å²) in [5.74, 6) is -1.62. The highest BCUT2D eigenvalue weighted by molar-refractivity contribution is 7.09. The van der Waals surface area contributed by atoms with Crippen molar-refractivity contribution in [3.63, 3.8) is 0 Å². The molecule has 2 rings (SSSR count). The number of aryl methyl sites for hydroxylation is 1. The van der Waals surface area contributed by atoms with Gasteiger partial charge in [0.1, 0.15) is 5.75 Å². The minimum atomic E-state index is -4.73. The summed E-state index contributed by atoms with van der Waals surface area (Å²) in [6.45, 7) is 0.323. The van der Waals surface area contributed by atoms with Gasteiger partial charge in [0.25, 0.3) is 0 Å². The first-order valence-corrected chi connectivity index (χ1v) is 8.40. The minimum absolute atomic E-state index is 0.0192. The van der Waals surface area contributed by atoms with E-state index in [1.54, 1.807) is 0 Å². The van der Waals surface area contributed by atoms with Gasteiger partial charge in [0.2, 0.25) is 5.91 Å². The van der Waals surface area contributed by atoms with Crippen LogP contribution in [0.3, 0.4) is 0 Å². The molecule has 0 radical (unpaired) electrons. The average molecular weight is 388 g/mol. The molecular formula is C16H15F3N2O4S. The molecule has 0 aliphatic heterocycles. The molecule has 10 heteroatoms. The maximum Gasteiger partial charge on any atom is 0.573 e. The van der Waals surface area contributed by atoms with Crippen LogP contribution in [-0.4, -0.2) is 34.9 Å². The Morgan fingerprint density at radius 2 is 1.88 bits per heavy atom. The number of carbonyl (C=O) groups excluding carboxylic acids is 1. The number of ether oxygens (including phenoxy) is 1. The quantitative estimate of drug-likeness (QED) is 0.726. The molecule has 0 saturated heterocycles. The lowest BCUT2D eigenvalue weighted by molar-refractivity contribution is -0.274. The number of aromatic nitrogens is 1. The van der Waals surface area contributed by atoms with Crippen molar-refractivity contribution < 1.29 is 32.6 Å². The Morgan fingerprint density at radius 1 is 1.19 bits per heavy atom. The SMILES string of the molecule is O=C(CCc1ccc(OC(F)(F)F)cc1)NCCc1nc(C(=O)O)cs1. The number of benzene rings is 1. The number of alkyl halides is 3. The molecule has 1 amide bonds. The summed E-state index contributed by atoms with van der Waals surface area (Å²) in [5.41, 5.74) is 0.690. The molecule has 1 aromatic heterocycles. The van der Waals surface area contributed by atoms with Crippen molar-refractivity contribution >= 4 is 23.2 Å². The predicted octanol–water partition coefficient (Wildman–Crippen LogP) is 3.03. The number of nitrogens with one attached hydrogen (secondary N) is 1. The van der Waals surface area contributed by atoms with Crippen molar-refractivity contribution in [3.8, 4) is 5.75 Å². The molecule has 6 nitrogen and oxygen atoms in total. The second kappa shape index (κ2) is 8.65. The van der Waals surface area contributed by atoms with Gasteiger partial charge in [0, 0.05) is 24.8 Å². The van der Waals surface area contributed by atoms with Gasteiger partial charge in [-0.25, -0.2) is 9.78 Å². The summed E-state index contributed by atoms with van der Waals surface area (Å²) in [6.07, 6.45) is -3.76. The molecular weight excluding hydrogens is 373 g/mol. The van der Waals surface area contributed by atoms with Gasteiger partial charge in [-0.1, -0.05) is 12.1 Å². The molecule has 0 bridgehead atoms. The zero-order chi connectivity index (χ0) is 19.2. The third-order valence-electron chi connectivity index (χ3n) is 3.23. The number of carboxylic acid groups (broad SMARTS) is 1. The van der Waals surface area contributed by atoms with Gasteiger partial charge in [0.15, 0.2) is 5.69 Å². The van der Waals surface area contributed by atoms with Crippen LogP contribution in [0.25, 0.3) is 0 Å². The lowest BCUT2D eigenvalue weighted by atomic mass is 10.1. The molecule has 0 unspecified atom stereocenters. The number of amides is 1. The minimum Gasteiger partial charge on any atom is -0.476 e. The normalized spacial score (nSPS) is 11.2. The Labute approximate surface area is 150 Å². The third kappa shape index (κ3) is 6.71. The van der Waals surface area contributed by atoms with Gasteiger partial charge in [-0.15, -0.1) is 24.5 Å². The summed E-state index contributed by atoms with van der Waals surface area (Å²) in [7, 11) is 0. The van der Waals surface area contributed by atoms with E-state index in [0.29, 0.717) is 30.0 Å². The zero-order valence-electron chi connectivity index (χ0n) is 13.4. The first-order valence-electron chi connectivity index (χ1n) is 7.52. The van der Waals surface area contributed by atoms with E-state index in [1.165, 1.54) is 41.0 Å². The fourth-order valence-corrected chi connectivity index (χ4v) is 2.81. The smallest absolute Gasteiger partial charge is 0.476 e. The highest BCUT2D eigenvalue weighted by Gasteiger charge is 2.30. The molecule has 0 aliphatic carbocycles. The maximum atomic E-state index is 12.1. The summed E-state index contributed by atoms with van der Waals surface area (Å²) >= 11 is 1.21. The number of carboxylic acids is 1. The molecule has 0 fully saturated rings. The van der Waals surface area contributed by atoms with Gasteiger partial charge >= 0.3 is 12.3 Å². The first-order chi connectivity index (χ1) is 12.2. The van der Waals surface area contributed by atoms with Crippen LogP contribution in [0, 0.1) is 0 Å². The van der Waals surface area contributed by atoms with E-state index in [4.69, 9.17) is 5.11 Å². The molecule has 0 atom stereocenters. The molecule has 0 spiro atoms. The Morgan fingerprint density at radius 3 is 2.46 bits per heavy atom. The molecule has 0 aliphatic rings. The number of rotatable bonds is 8. The van der Waals surface area contributed by atoms with E-state index in [-0.39, 0.29) is 23.8 Å². The lowest BCUT2D eigenvalue weighted by Gasteiger charge is -2.09. The number of nitrogens with zero attached hydrogens (tertiary/aromatic N) is 1. The van der Waals surface area contributed by atoms with Crippen molar-refractivity contribution in [2.45, 2.75) is 25.6 Å². The van der Waals surface area contributed by atoms with Crippen LogP contribution in [0.15, 0.2) is 29.6 Å². The van der Waals surface area contributed by atoms with Crippen LogP contribution >= 0.6 is 11.3 Å². The van der Waals surface area contributed by atoms with Crippen molar-refractivity contribution in [1.29, 1.82) is 0 Å². The third-order valence-corrected chi connectivity index (χ3v) is 4.14. The topological polar surface area (TPSA) is 88.5 Å². The van der Waals surface area contributed by atoms with Crippen molar-refractivity contribution in [2.24, 2.45) is 0 Å². The van der Waals surface area contributed by atoms with E-state index < -0.39 is 12.3 Å². The van der Waals surface area contributed by atoms with Gasteiger partial charge in [-0.05, 0) is 24.1 Å². The Kier molecular flexibility index (Phi) is 6.56. The molecule has 1 aromatic carbocycles. The van der Waals surface area contributed by atoms with Crippen LogP contribution in [0.1, 0.15) is 27.5 Å². The van der Waals surface area contributed by atoms with Crippen molar-refractivity contribution in [3.05, 3.63) is 45.9 Å². The number of halogens is 3. The van der Waals surface area contributed by atoms with Crippen LogP contribution in [0.5, 0.6) is 5.75 Å². The molecule has 2 N–H and O–H groups in total. The van der Waals surface area contributed by atoms with Gasteiger partial charge in [-0.2, -0.15) is 0 Å². The number of carbonyl (C=O) groups is 2. The molecule has 0 saturated carbocycles. The maximum absolute atomic E-state index is 12.1. The predicted molar refractivity (Wildman–Crippen MR) is 87.2 cm³/mol. The fraction of sp³-hybridized carbons (Fsp3) is 0.312. The van der Waals surface area contributed by atoms with Crippen molar-refractivity contribution in [1.82, 2.24) is 10.3 Å². The van der Waals surface area contributed by atoms with E-state index >= 15 is 0 Å². The summed E-state index contributed by atoms with van der Waals surface area (Å²) in [6, 6.07) is 5.33. The van der Waals surface area contributed by atoms with Gasteiger partial charge in [0.05, 0.1) is 5.01 Å². The fourth-order valence-electron chi connectivity index (χ4n) is 2.04. The monoisotopic (exact) mass is 388 g/mol. The number of aromatic carboxylic acids is 1. The Bertz CT molecular complexity index is 760. The summed E-state index contributed by atoms with van der Waals surface area (Å²) in [5, 5.41) is 13.5. The summed E-state index contributed by atoms with van der Waals surface area (Å²) in [4.78, 5) is 26.4. The van der Waals surface area contributed by atoms with Crippen molar-refractivity contribution in [2.75, 3.05) is 6.54 Å². The van der Waals surface area contributed by atoms with Crippen LogP contribution in [-0.2, 0) is 17.6 Å². The van der Waals surface area contributed by atoms with Crippen LogP contribution < -0.4 is 10.1 Å². The number of thiazole rings is 1. The number of hydrogen-bond donors (Lipinski definition) is 2. The molecule has 2 aromatic rings. The highest BCUT2D eigenvalue weighted by atomic mass is 32.1. The highest BCUT2D eigenvalue weighted by Crippen LogP contribution is 2.23. The second-order valence-corrected chi connectivity index (χ2v) is 6.17. The second-order valence-electron chi connectivity index (χ2n) is 5.22. The summed E-state index contributed by atoms with van der Waals surface area (Å²) < 4.78 is 40.0. The van der Waals surface area contributed by atoms with E-state index in [1.807, 2.05) is 0 Å². The first kappa shape index (κ1) is 19.7. The average Bonchev–Trinajstić information content (AvgIpc) is 3.02. The molecule has 1 heterocycles. The van der Waals surface area contributed by atoms with Gasteiger partial charge in [-0.3, -0.25) is 4.79 Å². The van der Waals surface area contributed by atoms with E-state index in [0.717, 1.165) is 0 Å². The largest absolute Gasteiger partial charge is 0.573 e. The number of hydrogen-bond acceptors (Lipinski definition) is 5. The Hall–Kier alpha value is -2.62. The zero-order valence-corrected chi connectivity index (χ0v) is 14.2.